The number of rotatable bonds is 10. The number of nitrogens with one attached hydrogen (secondary N) is 1. The monoisotopic (exact) mass is 322 g/mol. The molecule has 0 aliphatic heterocycles. The van der Waals surface area contributed by atoms with Gasteiger partial charge >= 0.3 is 0 Å². The first kappa shape index (κ1) is 19.4. The lowest BCUT2D eigenvalue weighted by Crippen LogP contribution is -2.43. The van der Waals surface area contributed by atoms with Crippen LogP contribution in [0.3, 0.4) is 0 Å². The Bertz CT molecular complexity index is 495. The average molecular weight is 322 g/mol. The topological polar surface area (TPSA) is 60.5 Å². The van der Waals surface area contributed by atoms with Crippen LogP contribution in [-0.2, 0) is 9.53 Å². The molecule has 5 nitrogen and oxygen atoms in total. The molecule has 5 heteroatoms. The molecule has 1 atom stereocenters. The lowest BCUT2D eigenvalue weighted by Gasteiger charge is -2.29. The van der Waals surface area contributed by atoms with Crippen LogP contribution in [0.5, 0.6) is 5.88 Å². The van der Waals surface area contributed by atoms with Crippen LogP contribution in [0.15, 0.2) is 12.1 Å². The third-order valence-electron chi connectivity index (χ3n) is 3.71. The Hall–Kier alpha value is -1.62. The van der Waals surface area contributed by atoms with Gasteiger partial charge in [-0.1, -0.05) is 26.7 Å². The quantitative estimate of drug-likeness (QED) is 0.704. The zero-order valence-corrected chi connectivity index (χ0v) is 15.1. The van der Waals surface area contributed by atoms with Crippen molar-refractivity contribution in [2.24, 2.45) is 0 Å². The van der Waals surface area contributed by atoms with Crippen LogP contribution in [0.1, 0.15) is 59.1 Å². The summed E-state index contributed by atoms with van der Waals surface area (Å²) in [4.78, 5) is 17.1. The highest BCUT2D eigenvalue weighted by Gasteiger charge is 2.33. The van der Waals surface area contributed by atoms with E-state index in [-0.39, 0.29) is 5.91 Å². The highest BCUT2D eigenvalue weighted by molar-refractivity contribution is 5.97. The van der Waals surface area contributed by atoms with Crippen molar-refractivity contribution in [1.82, 2.24) is 4.98 Å². The number of pyridine rings is 1. The Kier molecular flexibility index (Phi) is 8.03. The first-order valence-corrected chi connectivity index (χ1v) is 8.52. The number of amides is 1. The summed E-state index contributed by atoms with van der Waals surface area (Å²) in [6.07, 6.45) is 3.58. The second-order valence-corrected chi connectivity index (χ2v) is 5.85. The molecule has 1 amide bonds. The largest absolute Gasteiger partial charge is 0.478 e. The fraction of sp³-hybridized carbons (Fsp3) is 0.667. The number of hydrogen-bond acceptors (Lipinski definition) is 4. The van der Waals surface area contributed by atoms with Crippen molar-refractivity contribution in [3.8, 4) is 5.88 Å². The number of aryl methyl sites for hydroxylation is 1. The van der Waals surface area contributed by atoms with Gasteiger partial charge in [0.25, 0.3) is 5.91 Å². The maximum Gasteiger partial charge on any atom is 0.256 e. The van der Waals surface area contributed by atoms with E-state index in [1.165, 1.54) is 0 Å². The van der Waals surface area contributed by atoms with Gasteiger partial charge in [0, 0.05) is 12.7 Å². The van der Waals surface area contributed by atoms with Gasteiger partial charge < -0.3 is 14.8 Å². The third-order valence-corrected chi connectivity index (χ3v) is 3.71. The SMILES string of the molecule is CCCC[C@@](C)(OCCC)C(=O)Nc1ccc(OCC)nc1C. The zero-order chi connectivity index (χ0) is 17.3. The van der Waals surface area contributed by atoms with Crippen molar-refractivity contribution in [2.45, 2.75) is 65.9 Å². The minimum atomic E-state index is -0.808. The summed E-state index contributed by atoms with van der Waals surface area (Å²) in [5, 5.41) is 2.96. The molecule has 1 aromatic rings. The maximum absolute atomic E-state index is 12.7. The van der Waals surface area contributed by atoms with E-state index in [4.69, 9.17) is 9.47 Å². The van der Waals surface area contributed by atoms with Crippen LogP contribution in [0.4, 0.5) is 5.69 Å². The van der Waals surface area contributed by atoms with Gasteiger partial charge in [-0.3, -0.25) is 4.79 Å². The van der Waals surface area contributed by atoms with Gasteiger partial charge in [-0.25, -0.2) is 4.98 Å². The van der Waals surface area contributed by atoms with Crippen LogP contribution in [0, 0.1) is 6.92 Å². The molecule has 0 aliphatic rings. The maximum atomic E-state index is 12.7. The average Bonchev–Trinajstić information content (AvgIpc) is 2.53. The van der Waals surface area contributed by atoms with E-state index in [1.54, 1.807) is 6.07 Å². The standard InChI is InChI=1S/C18H30N2O3/c1-6-9-12-18(5,23-13-7-2)17(21)20-15-10-11-16(22-8-3)19-14(15)4/h10-11H,6-9,12-13H2,1-5H3,(H,20,21)/t18-/m1/s1. The van der Waals surface area contributed by atoms with Crippen LogP contribution >= 0.6 is 0 Å². The van der Waals surface area contributed by atoms with Crippen molar-refractivity contribution in [3.05, 3.63) is 17.8 Å². The Morgan fingerprint density at radius 3 is 2.57 bits per heavy atom. The van der Waals surface area contributed by atoms with E-state index in [0.29, 0.717) is 31.2 Å². The number of carbonyl (C=O) groups excluding carboxylic acids is 1. The second kappa shape index (κ2) is 9.50. The summed E-state index contributed by atoms with van der Waals surface area (Å²) in [5.74, 6) is 0.451. The van der Waals surface area contributed by atoms with Crippen LogP contribution < -0.4 is 10.1 Å². The molecule has 0 aromatic carbocycles. The molecule has 0 radical (unpaired) electrons. The number of carbonyl (C=O) groups is 1. The van der Waals surface area contributed by atoms with Gasteiger partial charge in [-0.2, -0.15) is 0 Å². The Labute approximate surface area is 139 Å². The molecule has 1 rings (SSSR count). The normalized spacial score (nSPS) is 13.4. The predicted molar refractivity (Wildman–Crippen MR) is 92.9 cm³/mol. The molecule has 0 aliphatic carbocycles. The summed E-state index contributed by atoms with van der Waals surface area (Å²) in [6, 6.07) is 3.59. The zero-order valence-electron chi connectivity index (χ0n) is 15.1. The van der Waals surface area contributed by atoms with Gasteiger partial charge in [0.05, 0.1) is 18.0 Å². The van der Waals surface area contributed by atoms with Crippen molar-refractivity contribution < 1.29 is 14.3 Å². The van der Waals surface area contributed by atoms with Gasteiger partial charge in [0.1, 0.15) is 5.60 Å². The smallest absolute Gasteiger partial charge is 0.256 e. The Morgan fingerprint density at radius 2 is 2.00 bits per heavy atom. The van der Waals surface area contributed by atoms with Crippen molar-refractivity contribution in [2.75, 3.05) is 18.5 Å². The Morgan fingerprint density at radius 1 is 1.26 bits per heavy atom. The van der Waals surface area contributed by atoms with Crippen LogP contribution in [0.2, 0.25) is 0 Å². The minimum Gasteiger partial charge on any atom is -0.478 e. The molecule has 1 heterocycles. The highest BCUT2D eigenvalue weighted by atomic mass is 16.5. The predicted octanol–water partition coefficient (Wildman–Crippen LogP) is 4.10. The van der Waals surface area contributed by atoms with E-state index in [2.05, 4.69) is 17.2 Å². The van der Waals surface area contributed by atoms with E-state index in [9.17, 15) is 4.79 Å². The van der Waals surface area contributed by atoms with Crippen LogP contribution in [0.25, 0.3) is 0 Å². The fourth-order valence-corrected chi connectivity index (χ4v) is 2.25. The number of anilines is 1. The van der Waals surface area contributed by atoms with Gasteiger partial charge in [-0.15, -0.1) is 0 Å². The molecule has 1 N–H and O–H groups in total. The van der Waals surface area contributed by atoms with E-state index in [1.807, 2.05) is 33.8 Å². The van der Waals surface area contributed by atoms with Crippen molar-refractivity contribution in [1.29, 1.82) is 0 Å². The summed E-state index contributed by atoms with van der Waals surface area (Å²) in [5.41, 5.74) is 0.621. The number of hydrogen-bond donors (Lipinski definition) is 1. The lowest BCUT2D eigenvalue weighted by molar-refractivity contribution is -0.140. The molecule has 23 heavy (non-hydrogen) atoms. The van der Waals surface area contributed by atoms with E-state index >= 15 is 0 Å². The van der Waals surface area contributed by atoms with Crippen LogP contribution in [-0.4, -0.2) is 29.7 Å². The molecule has 0 spiro atoms. The molecule has 0 saturated heterocycles. The van der Waals surface area contributed by atoms with E-state index in [0.717, 1.165) is 25.0 Å². The molecule has 1 aromatic heterocycles. The summed E-state index contributed by atoms with van der Waals surface area (Å²) < 4.78 is 11.2. The molecule has 0 unspecified atom stereocenters. The fourth-order valence-electron chi connectivity index (χ4n) is 2.25. The Balaban J connectivity index is 2.84. The molecular formula is C18H30N2O3. The molecule has 0 saturated carbocycles. The van der Waals surface area contributed by atoms with Crippen molar-refractivity contribution in [3.63, 3.8) is 0 Å². The van der Waals surface area contributed by atoms with Gasteiger partial charge in [0.15, 0.2) is 0 Å². The number of ether oxygens (including phenoxy) is 2. The summed E-state index contributed by atoms with van der Waals surface area (Å²) in [6.45, 7) is 10.9. The summed E-state index contributed by atoms with van der Waals surface area (Å²) >= 11 is 0. The number of nitrogens with zero attached hydrogens (tertiary/aromatic N) is 1. The first-order chi connectivity index (χ1) is 11.0. The van der Waals surface area contributed by atoms with Crippen molar-refractivity contribution >= 4 is 11.6 Å². The molecule has 130 valence electrons. The summed E-state index contributed by atoms with van der Waals surface area (Å²) in [7, 11) is 0. The first-order valence-electron chi connectivity index (χ1n) is 8.52. The number of unbranched alkanes of at least 4 members (excludes halogenated alkanes) is 1. The minimum absolute atomic E-state index is 0.117. The number of aromatic nitrogens is 1. The molecule has 0 fully saturated rings. The molecule has 0 bridgehead atoms. The van der Waals surface area contributed by atoms with E-state index < -0.39 is 5.60 Å². The molecular weight excluding hydrogens is 292 g/mol. The third kappa shape index (κ3) is 5.82. The van der Waals surface area contributed by atoms with Gasteiger partial charge in [-0.05, 0) is 39.7 Å². The lowest BCUT2D eigenvalue weighted by atomic mass is 9.97. The van der Waals surface area contributed by atoms with Gasteiger partial charge in [0.2, 0.25) is 5.88 Å². The second-order valence-electron chi connectivity index (χ2n) is 5.85. The highest BCUT2D eigenvalue weighted by Crippen LogP contribution is 2.24.